The van der Waals surface area contributed by atoms with E-state index in [1.54, 1.807) is 4.90 Å². The highest BCUT2D eigenvalue weighted by molar-refractivity contribution is 5.50. The number of carbonyl (C=O) groups excluding carboxylic acids is 1. The fourth-order valence-corrected chi connectivity index (χ4v) is 2.23. The molecule has 6 heteroatoms. The standard InChI is InChI=1S/C14H23N5O/c1-3-4-5-15-14-16-12(2)10-13(17-14)19-8-6-18(11-20)7-9-19/h10-11H,3-9H2,1-2H3,(H,15,16,17). The number of hydrogen-bond donors (Lipinski definition) is 1. The van der Waals surface area contributed by atoms with Gasteiger partial charge in [-0.3, -0.25) is 4.79 Å². The van der Waals surface area contributed by atoms with Crippen LogP contribution in [0, 0.1) is 6.92 Å². The molecule has 1 N–H and O–H groups in total. The Morgan fingerprint density at radius 3 is 2.70 bits per heavy atom. The normalized spacial score (nSPS) is 15.3. The summed E-state index contributed by atoms with van der Waals surface area (Å²) in [5.74, 6) is 1.65. The van der Waals surface area contributed by atoms with E-state index in [9.17, 15) is 4.79 Å². The van der Waals surface area contributed by atoms with Crippen molar-refractivity contribution in [3.05, 3.63) is 11.8 Å². The number of rotatable bonds is 6. The minimum absolute atomic E-state index is 0.700. The summed E-state index contributed by atoms with van der Waals surface area (Å²) in [7, 11) is 0. The maximum atomic E-state index is 10.7. The van der Waals surface area contributed by atoms with Crippen LogP contribution in [0.1, 0.15) is 25.5 Å². The van der Waals surface area contributed by atoms with Gasteiger partial charge in [-0.15, -0.1) is 0 Å². The van der Waals surface area contributed by atoms with Gasteiger partial charge < -0.3 is 15.1 Å². The average molecular weight is 277 g/mol. The number of unbranched alkanes of at least 4 members (excludes halogenated alkanes) is 1. The number of carbonyl (C=O) groups is 1. The molecule has 0 spiro atoms. The van der Waals surface area contributed by atoms with Crippen LogP contribution in [0.5, 0.6) is 0 Å². The summed E-state index contributed by atoms with van der Waals surface area (Å²) in [6.07, 6.45) is 3.18. The van der Waals surface area contributed by atoms with Gasteiger partial charge in [0.2, 0.25) is 12.4 Å². The van der Waals surface area contributed by atoms with Crippen molar-refractivity contribution < 1.29 is 4.79 Å². The maximum absolute atomic E-state index is 10.7. The van der Waals surface area contributed by atoms with Crippen LogP contribution in [-0.2, 0) is 4.79 Å². The molecule has 1 fully saturated rings. The van der Waals surface area contributed by atoms with E-state index in [0.717, 1.165) is 63.5 Å². The SMILES string of the molecule is CCCCNc1nc(C)cc(N2CCN(C=O)CC2)n1. The van der Waals surface area contributed by atoms with Gasteiger partial charge in [0.25, 0.3) is 0 Å². The molecule has 1 aromatic heterocycles. The topological polar surface area (TPSA) is 61.4 Å². The Hall–Kier alpha value is -1.85. The Bertz CT molecular complexity index is 443. The molecule has 0 radical (unpaired) electrons. The summed E-state index contributed by atoms with van der Waals surface area (Å²) in [5.41, 5.74) is 0.965. The summed E-state index contributed by atoms with van der Waals surface area (Å²) >= 11 is 0. The molecule has 0 bridgehead atoms. The zero-order valence-electron chi connectivity index (χ0n) is 12.3. The Morgan fingerprint density at radius 2 is 2.05 bits per heavy atom. The van der Waals surface area contributed by atoms with E-state index in [-0.39, 0.29) is 0 Å². The number of anilines is 2. The number of amides is 1. The van der Waals surface area contributed by atoms with Gasteiger partial charge in [-0.25, -0.2) is 4.98 Å². The smallest absolute Gasteiger partial charge is 0.224 e. The van der Waals surface area contributed by atoms with E-state index in [1.165, 1.54) is 0 Å². The van der Waals surface area contributed by atoms with Gasteiger partial charge in [0.15, 0.2) is 0 Å². The lowest BCUT2D eigenvalue weighted by atomic mass is 10.3. The van der Waals surface area contributed by atoms with E-state index in [4.69, 9.17) is 0 Å². The molecule has 1 aromatic rings. The Kier molecular flexibility index (Phi) is 5.15. The molecule has 110 valence electrons. The summed E-state index contributed by atoms with van der Waals surface area (Å²) < 4.78 is 0. The quantitative estimate of drug-likeness (QED) is 0.627. The number of piperazine rings is 1. The summed E-state index contributed by atoms with van der Waals surface area (Å²) in [6, 6.07) is 2.00. The monoisotopic (exact) mass is 277 g/mol. The lowest BCUT2D eigenvalue weighted by molar-refractivity contribution is -0.118. The Labute approximate surface area is 120 Å². The molecule has 6 nitrogen and oxygen atoms in total. The van der Waals surface area contributed by atoms with Gasteiger partial charge >= 0.3 is 0 Å². The van der Waals surface area contributed by atoms with Crippen molar-refractivity contribution in [3.8, 4) is 0 Å². The molecule has 0 unspecified atom stereocenters. The van der Waals surface area contributed by atoms with Crippen molar-refractivity contribution in [2.24, 2.45) is 0 Å². The van der Waals surface area contributed by atoms with Crippen molar-refractivity contribution in [1.29, 1.82) is 0 Å². The number of aromatic nitrogens is 2. The molecule has 2 heterocycles. The molecule has 1 aliphatic heterocycles. The molecular formula is C14H23N5O. The predicted octanol–water partition coefficient (Wildman–Crippen LogP) is 1.28. The van der Waals surface area contributed by atoms with Gasteiger partial charge in [-0.2, -0.15) is 4.98 Å². The molecule has 1 saturated heterocycles. The van der Waals surface area contributed by atoms with Crippen molar-refractivity contribution in [1.82, 2.24) is 14.9 Å². The number of nitrogens with one attached hydrogen (secondary N) is 1. The van der Waals surface area contributed by atoms with Gasteiger partial charge in [0, 0.05) is 44.5 Å². The van der Waals surface area contributed by atoms with Gasteiger partial charge in [-0.05, 0) is 13.3 Å². The highest BCUT2D eigenvalue weighted by Crippen LogP contribution is 2.16. The molecule has 1 amide bonds. The van der Waals surface area contributed by atoms with Gasteiger partial charge in [0.05, 0.1) is 0 Å². The molecule has 1 aliphatic rings. The average Bonchev–Trinajstić information content (AvgIpc) is 2.47. The van der Waals surface area contributed by atoms with E-state index >= 15 is 0 Å². The van der Waals surface area contributed by atoms with Gasteiger partial charge in [-0.1, -0.05) is 13.3 Å². The Balaban J connectivity index is 2.02. The lowest BCUT2D eigenvalue weighted by Crippen LogP contribution is -2.46. The lowest BCUT2D eigenvalue weighted by Gasteiger charge is -2.33. The van der Waals surface area contributed by atoms with Crippen molar-refractivity contribution >= 4 is 18.2 Å². The van der Waals surface area contributed by atoms with Crippen molar-refractivity contribution in [3.63, 3.8) is 0 Å². The molecule has 0 saturated carbocycles. The summed E-state index contributed by atoms with van der Waals surface area (Å²) in [5, 5.41) is 3.27. The molecule has 0 aromatic carbocycles. The molecule has 2 rings (SSSR count). The van der Waals surface area contributed by atoms with Crippen LogP contribution >= 0.6 is 0 Å². The highest BCUT2D eigenvalue weighted by atomic mass is 16.1. The minimum atomic E-state index is 0.700. The van der Waals surface area contributed by atoms with E-state index < -0.39 is 0 Å². The van der Waals surface area contributed by atoms with Crippen LogP contribution in [0.4, 0.5) is 11.8 Å². The second kappa shape index (κ2) is 7.07. The first-order valence-electron chi connectivity index (χ1n) is 7.26. The maximum Gasteiger partial charge on any atom is 0.224 e. The second-order valence-electron chi connectivity index (χ2n) is 5.10. The van der Waals surface area contributed by atoms with E-state index in [1.807, 2.05) is 13.0 Å². The fourth-order valence-electron chi connectivity index (χ4n) is 2.23. The van der Waals surface area contributed by atoms with Crippen LogP contribution in [-0.4, -0.2) is 54.0 Å². The van der Waals surface area contributed by atoms with Crippen molar-refractivity contribution in [2.75, 3.05) is 42.9 Å². The molecule has 0 aliphatic carbocycles. The van der Waals surface area contributed by atoms with Gasteiger partial charge in [0.1, 0.15) is 5.82 Å². The summed E-state index contributed by atoms with van der Waals surface area (Å²) in [6.45, 7) is 8.20. The van der Waals surface area contributed by atoms with Crippen LogP contribution in [0.15, 0.2) is 6.07 Å². The molecule has 0 atom stereocenters. The van der Waals surface area contributed by atoms with Crippen LogP contribution in [0.3, 0.4) is 0 Å². The largest absolute Gasteiger partial charge is 0.354 e. The molecular weight excluding hydrogens is 254 g/mol. The number of nitrogens with zero attached hydrogens (tertiary/aromatic N) is 4. The van der Waals surface area contributed by atoms with E-state index in [0.29, 0.717) is 5.95 Å². The fraction of sp³-hybridized carbons (Fsp3) is 0.643. The molecule has 20 heavy (non-hydrogen) atoms. The van der Waals surface area contributed by atoms with Crippen LogP contribution in [0.2, 0.25) is 0 Å². The Morgan fingerprint density at radius 1 is 1.30 bits per heavy atom. The zero-order chi connectivity index (χ0) is 14.4. The third-order valence-electron chi connectivity index (χ3n) is 3.44. The first-order chi connectivity index (χ1) is 9.72. The highest BCUT2D eigenvalue weighted by Gasteiger charge is 2.17. The minimum Gasteiger partial charge on any atom is -0.354 e. The van der Waals surface area contributed by atoms with Crippen molar-refractivity contribution in [2.45, 2.75) is 26.7 Å². The second-order valence-corrected chi connectivity index (χ2v) is 5.10. The number of hydrogen-bond acceptors (Lipinski definition) is 5. The van der Waals surface area contributed by atoms with Crippen LogP contribution < -0.4 is 10.2 Å². The predicted molar refractivity (Wildman–Crippen MR) is 80.0 cm³/mol. The number of aryl methyl sites for hydroxylation is 1. The first kappa shape index (κ1) is 14.6. The third kappa shape index (κ3) is 3.82. The van der Waals surface area contributed by atoms with Crippen LogP contribution in [0.25, 0.3) is 0 Å². The third-order valence-corrected chi connectivity index (χ3v) is 3.44. The first-order valence-corrected chi connectivity index (χ1v) is 7.26. The summed E-state index contributed by atoms with van der Waals surface area (Å²) in [4.78, 5) is 23.7. The van der Waals surface area contributed by atoms with E-state index in [2.05, 4.69) is 27.1 Å². The zero-order valence-corrected chi connectivity index (χ0v) is 12.3.